The maximum atomic E-state index is 11.3. The minimum atomic E-state index is -0.258. The Morgan fingerprint density at radius 2 is 2.26 bits per heavy atom. The lowest BCUT2D eigenvalue weighted by Crippen LogP contribution is -2.25. The number of carbonyl (C=O) groups is 1. The van der Waals surface area contributed by atoms with Gasteiger partial charge in [-0.15, -0.1) is 0 Å². The van der Waals surface area contributed by atoms with Crippen LogP contribution < -0.4 is 5.32 Å². The Morgan fingerprint density at radius 3 is 3.05 bits per heavy atom. The van der Waals surface area contributed by atoms with Crippen LogP contribution in [0, 0.1) is 0 Å². The maximum Gasteiger partial charge on any atom is 0.333 e. The van der Waals surface area contributed by atoms with Crippen LogP contribution in [0.25, 0.3) is 0 Å². The average molecular weight is 259 g/mol. The van der Waals surface area contributed by atoms with E-state index in [1.54, 1.807) is 6.92 Å². The Morgan fingerprint density at radius 1 is 1.47 bits per heavy atom. The van der Waals surface area contributed by atoms with Gasteiger partial charge >= 0.3 is 5.97 Å². The highest BCUT2D eigenvalue weighted by Crippen LogP contribution is 2.29. The number of methoxy groups -OCH3 is 1. The minimum Gasteiger partial charge on any atom is -0.466 e. The zero-order chi connectivity index (χ0) is 13.7. The third kappa shape index (κ3) is 3.44. The van der Waals surface area contributed by atoms with Crippen molar-refractivity contribution in [1.29, 1.82) is 0 Å². The second-order valence-corrected chi connectivity index (χ2v) is 4.93. The first-order valence-corrected chi connectivity index (χ1v) is 6.78. The fourth-order valence-electron chi connectivity index (χ4n) is 2.56. The molecule has 0 spiro atoms. The van der Waals surface area contributed by atoms with Gasteiger partial charge in [-0.05, 0) is 37.3 Å². The van der Waals surface area contributed by atoms with Crippen LogP contribution in [-0.4, -0.2) is 19.6 Å². The summed E-state index contributed by atoms with van der Waals surface area (Å²) in [6.45, 7) is 2.47. The Hall–Kier alpha value is -1.61. The standard InChI is InChI=1S/C16H21NO2/c1-12(16(18)19-2)10-11-17-15-9-5-7-13-6-3-4-8-14(13)15/h3-4,6,8,10,15,17H,5,7,9,11H2,1-2H3/b12-10+. The van der Waals surface area contributed by atoms with Crippen LogP contribution in [0.3, 0.4) is 0 Å². The molecule has 0 radical (unpaired) electrons. The predicted molar refractivity (Wildman–Crippen MR) is 75.9 cm³/mol. The van der Waals surface area contributed by atoms with Gasteiger partial charge in [0.1, 0.15) is 0 Å². The zero-order valence-corrected chi connectivity index (χ0v) is 11.6. The van der Waals surface area contributed by atoms with Crippen molar-refractivity contribution in [2.24, 2.45) is 0 Å². The number of ether oxygens (including phenoxy) is 1. The lowest BCUT2D eigenvalue weighted by atomic mass is 9.88. The predicted octanol–water partition coefficient (Wildman–Crippen LogP) is 2.77. The third-order valence-corrected chi connectivity index (χ3v) is 3.65. The second kappa shape index (κ2) is 6.53. The second-order valence-electron chi connectivity index (χ2n) is 4.93. The molecule has 1 aromatic rings. The molecule has 2 rings (SSSR count). The Bertz CT molecular complexity index is 479. The molecule has 1 aliphatic rings. The number of hydrogen-bond donors (Lipinski definition) is 1. The highest BCUT2D eigenvalue weighted by atomic mass is 16.5. The van der Waals surface area contributed by atoms with Gasteiger partial charge in [-0.25, -0.2) is 4.79 Å². The largest absolute Gasteiger partial charge is 0.466 e. The molecule has 0 fully saturated rings. The molecule has 0 aliphatic heterocycles. The Kier molecular flexibility index (Phi) is 4.74. The van der Waals surface area contributed by atoms with Gasteiger partial charge in [0.05, 0.1) is 7.11 Å². The van der Waals surface area contributed by atoms with Gasteiger partial charge in [0.2, 0.25) is 0 Å². The van der Waals surface area contributed by atoms with Crippen LogP contribution in [0.15, 0.2) is 35.9 Å². The number of rotatable bonds is 4. The molecule has 3 nitrogen and oxygen atoms in total. The van der Waals surface area contributed by atoms with Crippen molar-refractivity contribution in [2.45, 2.75) is 32.2 Å². The number of fused-ring (bicyclic) bond motifs is 1. The van der Waals surface area contributed by atoms with E-state index < -0.39 is 0 Å². The van der Waals surface area contributed by atoms with E-state index in [0.717, 1.165) is 6.42 Å². The summed E-state index contributed by atoms with van der Waals surface area (Å²) in [5.41, 5.74) is 3.50. The number of esters is 1. The molecule has 0 saturated heterocycles. The minimum absolute atomic E-state index is 0.258. The highest BCUT2D eigenvalue weighted by molar-refractivity contribution is 5.87. The van der Waals surface area contributed by atoms with Crippen molar-refractivity contribution in [3.63, 3.8) is 0 Å². The summed E-state index contributed by atoms with van der Waals surface area (Å²) in [7, 11) is 1.41. The quantitative estimate of drug-likeness (QED) is 0.667. The van der Waals surface area contributed by atoms with Crippen molar-refractivity contribution in [1.82, 2.24) is 5.32 Å². The van der Waals surface area contributed by atoms with Gasteiger partial charge in [-0.2, -0.15) is 0 Å². The molecule has 102 valence electrons. The van der Waals surface area contributed by atoms with Crippen molar-refractivity contribution in [3.05, 3.63) is 47.0 Å². The molecule has 1 aromatic carbocycles. The first-order chi connectivity index (χ1) is 9.22. The first kappa shape index (κ1) is 13.8. The van der Waals surface area contributed by atoms with Gasteiger partial charge in [-0.1, -0.05) is 30.3 Å². The molecule has 0 heterocycles. The summed E-state index contributed by atoms with van der Waals surface area (Å²) in [4.78, 5) is 11.3. The lowest BCUT2D eigenvalue weighted by molar-refractivity contribution is -0.136. The van der Waals surface area contributed by atoms with E-state index in [1.165, 1.54) is 31.1 Å². The van der Waals surface area contributed by atoms with Crippen LogP contribution in [-0.2, 0) is 16.0 Å². The summed E-state index contributed by atoms with van der Waals surface area (Å²) < 4.78 is 4.68. The summed E-state index contributed by atoms with van der Waals surface area (Å²) in [6.07, 6.45) is 5.44. The van der Waals surface area contributed by atoms with Crippen molar-refractivity contribution < 1.29 is 9.53 Å². The monoisotopic (exact) mass is 259 g/mol. The van der Waals surface area contributed by atoms with E-state index in [4.69, 9.17) is 0 Å². The molecule has 0 amide bonds. The number of carbonyl (C=O) groups excluding carboxylic acids is 1. The van der Waals surface area contributed by atoms with Gasteiger partial charge in [0, 0.05) is 18.2 Å². The number of hydrogen-bond acceptors (Lipinski definition) is 3. The molecule has 19 heavy (non-hydrogen) atoms. The summed E-state index contributed by atoms with van der Waals surface area (Å²) >= 11 is 0. The van der Waals surface area contributed by atoms with E-state index in [-0.39, 0.29) is 5.97 Å². The molecular weight excluding hydrogens is 238 g/mol. The zero-order valence-electron chi connectivity index (χ0n) is 11.6. The van der Waals surface area contributed by atoms with Crippen molar-refractivity contribution in [3.8, 4) is 0 Å². The smallest absolute Gasteiger partial charge is 0.333 e. The van der Waals surface area contributed by atoms with E-state index in [0.29, 0.717) is 18.2 Å². The molecule has 3 heteroatoms. The molecule has 1 aliphatic carbocycles. The van der Waals surface area contributed by atoms with Gasteiger partial charge < -0.3 is 10.1 Å². The van der Waals surface area contributed by atoms with E-state index in [2.05, 4.69) is 34.3 Å². The van der Waals surface area contributed by atoms with Crippen LogP contribution in [0.1, 0.15) is 36.9 Å². The van der Waals surface area contributed by atoms with Crippen molar-refractivity contribution >= 4 is 5.97 Å². The molecule has 0 bridgehead atoms. The van der Waals surface area contributed by atoms with Crippen LogP contribution in [0.2, 0.25) is 0 Å². The number of aryl methyl sites for hydroxylation is 1. The summed E-state index contributed by atoms with van der Waals surface area (Å²) in [5.74, 6) is -0.258. The first-order valence-electron chi connectivity index (χ1n) is 6.78. The lowest BCUT2D eigenvalue weighted by Gasteiger charge is -2.26. The Balaban J connectivity index is 1.96. The maximum absolute atomic E-state index is 11.3. The van der Waals surface area contributed by atoms with Gasteiger partial charge in [0.15, 0.2) is 0 Å². The molecular formula is C16H21NO2. The topological polar surface area (TPSA) is 38.3 Å². The van der Waals surface area contributed by atoms with E-state index >= 15 is 0 Å². The number of nitrogens with one attached hydrogen (secondary N) is 1. The summed E-state index contributed by atoms with van der Waals surface area (Å²) in [5, 5.41) is 3.50. The van der Waals surface area contributed by atoms with Gasteiger partial charge in [0.25, 0.3) is 0 Å². The molecule has 1 atom stereocenters. The fraction of sp³-hybridized carbons (Fsp3) is 0.438. The highest BCUT2D eigenvalue weighted by Gasteiger charge is 2.18. The number of benzene rings is 1. The van der Waals surface area contributed by atoms with Crippen LogP contribution in [0.5, 0.6) is 0 Å². The normalized spacial score (nSPS) is 18.8. The fourth-order valence-corrected chi connectivity index (χ4v) is 2.56. The SMILES string of the molecule is COC(=O)/C(C)=C/CNC1CCCc2ccccc21. The van der Waals surface area contributed by atoms with Crippen LogP contribution >= 0.6 is 0 Å². The third-order valence-electron chi connectivity index (χ3n) is 3.65. The molecule has 1 N–H and O–H groups in total. The Labute approximate surface area is 114 Å². The van der Waals surface area contributed by atoms with Crippen molar-refractivity contribution in [2.75, 3.05) is 13.7 Å². The molecule has 0 aromatic heterocycles. The molecule has 1 unspecified atom stereocenters. The van der Waals surface area contributed by atoms with E-state index in [9.17, 15) is 4.79 Å². The van der Waals surface area contributed by atoms with Gasteiger partial charge in [-0.3, -0.25) is 0 Å². The average Bonchev–Trinajstić information content (AvgIpc) is 2.46. The summed E-state index contributed by atoms with van der Waals surface area (Å²) in [6, 6.07) is 8.99. The van der Waals surface area contributed by atoms with Crippen LogP contribution in [0.4, 0.5) is 0 Å². The molecule has 0 saturated carbocycles. The van der Waals surface area contributed by atoms with E-state index in [1.807, 2.05) is 6.08 Å².